The fourth-order valence-electron chi connectivity index (χ4n) is 3.69. The summed E-state index contributed by atoms with van der Waals surface area (Å²) in [5, 5.41) is 18.6. The molecule has 0 aliphatic carbocycles. The zero-order valence-electron chi connectivity index (χ0n) is 15.8. The minimum Gasteiger partial charge on any atom is -0.481 e. The van der Waals surface area contributed by atoms with Gasteiger partial charge in [0, 0.05) is 30.4 Å². The summed E-state index contributed by atoms with van der Waals surface area (Å²) >= 11 is 0. The number of aliphatic carboxylic acids is 2. The van der Waals surface area contributed by atoms with Gasteiger partial charge in [-0.15, -0.1) is 0 Å². The fourth-order valence-corrected chi connectivity index (χ4v) is 3.69. The van der Waals surface area contributed by atoms with E-state index in [1.165, 1.54) is 4.90 Å². The number of carboxylic acid groups (broad SMARTS) is 2. The third-order valence-electron chi connectivity index (χ3n) is 5.07. The number of urea groups is 1. The van der Waals surface area contributed by atoms with Crippen LogP contribution in [0.15, 0.2) is 54.6 Å². The monoisotopic (exact) mass is 397 g/mol. The Morgan fingerprint density at radius 3 is 2.07 bits per heavy atom. The third-order valence-corrected chi connectivity index (χ3v) is 5.07. The molecule has 0 aromatic heterocycles. The van der Waals surface area contributed by atoms with Crippen LogP contribution in [0.25, 0.3) is 0 Å². The van der Waals surface area contributed by atoms with E-state index in [0.717, 1.165) is 5.56 Å². The van der Waals surface area contributed by atoms with Gasteiger partial charge in [0.05, 0.1) is 18.9 Å². The third kappa shape index (κ3) is 4.55. The number of para-hydroxylation sites is 1. The normalized spacial score (nSPS) is 16.5. The van der Waals surface area contributed by atoms with Crippen molar-refractivity contribution in [2.45, 2.75) is 25.4 Å². The average Bonchev–Trinajstić information content (AvgIpc) is 3.04. The fraction of sp³-hybridized carbons (Fsp3) is 0.286. The van der Waals surface area contributed by atoms with Gasteiger partial charge in [0.1, 0.15) is 0 Å². The molecule has 0 bridgehead atoms. The van der Waals surface area contributed by atoms with E-state index in [4.69, 9.17) is 5.73 Å². The van der Waals surface area contributed by atoms with Crippen molar-refractivity contribution in [2.75, 3.05) is 16.3 Å². The van der Waals surface area contributed by atoms with Crippen molar-refractivity contribution in [2.24, 2.45) is 11.7 Å². The summed E-state index contributed by atoms with van der Waals surface area (Å²) < 4.78 is 0. The molecule has 1 aliphatic heterocycles. The van der Waals surface area contributed by atoms with Crippen LogP contribution < -0.4 is 15.5 Å². The van der Waals surface area contributed by atoms with Gasteiger partial charge in [-0.25, -0.2) is 4.79 Å². The molecule has 2 aromatic rings. The lowest BCUT2D eigenvalue weighted by Gasteiger charge is -2.28. The molecule has 0 spiro atoms. The first-order valence-electron chi connectivity index (χ1n) is 9.29. The summed E-state index contributed by atoms with van der Waals surface area (Å²) in [5.41, 5.74) is 7.81. The Balaban J connectivity index is 1.99. The van der Waals surface area contributed by atoms with E-state index >= 15 is 0 Å². The standard InChI is InChI=1S/C21H23N3O5/c22-12-14-6-8-16(9-7-14)23-13-18(15(10-19(25)26)11-20(27)28)24(21(23)29)17-4-2-1-3-5-17/h1-9,15,18H,10-13,22H2,(H,25,26)(H,27,28). The Kier molecular flexibility index (Phi) is 6.13. The van der Waals surface area contributed by atoms with Gasteiger partial charge >= 0.3 is 18.0 Å². The van der Waals surface area contributed by atoms with Crippen molar-refractivity contribution < 1.29 is 24.6 Å². The van der Waals surface area contributed by atoms with Crippen molar-refractivity contribution in [1.29, 1.82) is 0 Å². The van der Waals surface area contributed by atoms with Crippen molar-refractivity contribution in [1.82, 2.24) is 0 Å². The topological polar surface area (TPSA) is 124 Å². The number of anilines is 2. The summed E-state index contributed by atoms with van der Waals surface area (Å²) in [6.45, 7) is 0.577. The maximum atomic E-state index is 13.3. The molecule has 1 atom stereocenters. The molecule has 152 valence electrons. The minimum atomic E-state index is -1.09. The van der Waals surface area contributed by atoms with Crippen LogP contribution in [0.1, 0.15) is 18.4 Å². The quantitative estimate of drug-likeness (QED) is 0.629. The molecule has 4 N–H and O–H groups in total. The molecular weight excluding hydrogens is 374 g/mol. The van der Waals surface area contributed by atoms with Crippen molar-refractivity contribution in [3.8, 4) is 0 Å². The second-order valence-corrected chi connectivity index (χ2v) is 6.99. The van der Waals surface area contributed by atoms with Gasteiger partial charge in [-0.1, -0.05) is 30.3 Å². The SMILES string of the molecule is NCc1ccc(N2CC(C(CC(=O)O)CC(=O)O)N(c3ccccc3)C2=O)cc1. The van der Waals surface area contributed by atoms with E-state index in [1.54, 1.807) is 41.3 Å². The van der Waals surface area contributed by atoms with Gasteiger partial charge < -0.3 is 15.9 Å². The average molecular weight is 397 g/mol. The second kappa shape index (κ2) is 8.74. The van der Waals surface area contributed by atoms with Gasteiger partial charge in [-0.2, -0.15) is 0 Å². The number of carbonyl (C=O) groups excluding carboxylic acids is 1. The van der Waals surface area contributed by atoms with Crippen LogP contribution in [0.3, 0.4) is 0 Å². The second-order valence-electron chi connectivity index (χ2n) is 6.99. The molecule has 1 unspecified atom stereocenters. The van der Waals surface area contributed by atoms with E-state index in [0.29, 0.717) is 17.9 Å². The summed E-state index contributed by atoms with van der Waals surface area (Å²) in [5.74, 6) is -2.92. The van der Waals surface area contributed by atoms with Gasteiger partial charge in [-0.05, 0) is 29.8 Å². The van der Waals surface area contributed by atoms with Gasteiger partial charge in [0.25, 0.3) is 0 Å². The predicted molar refractivity (Wildman–Crippen MR) is 108 cm³/mol. The lowest BCUT2D eigenvalue weighted by atomic mass is 9.91. The number of benzene rings is 2. The van der Waals surface area contributed by atoms with Crippen LogP contribution in [-0.4, -0.2) is 40.8 Å². The number of nitrogens with zero attached hydrogens (tertiary/aromatic N) is 2. The number of nitrogens with two attached hydrogens (primary N) is 1. The van der Waals surface area contributed by atoms with E-state index in [-0.39, 0.29) is 25.4 Å². The molecule has 2 aromatic carbocycles. The smallest absolute Gasteiger partial charge is 0.329 e. The molecule has 1 heterocycles. The number of carbonyl (C=O) groups is 3. The van der Waals surface area contributed by atoms with E-state index < -0.39 is 23.9 Å². The molecule has 1 fully saturated rings. The van der Waals surface area contributed by atoms with Crippen LogP contribution in [0, 0.1) is 5.92 Å². The van der Waals surface area contributed by atoms with Crippen LogP contribution in [0.5, 0.6) is 0 Å². The highest BCUT2D eigenvalue weighted by Gasteiger charge is 2.44. The summed E-state index contributed by atoms with van der Waals surface area (Å²) in [6, 6.07) is 15.2. The van der Waals surface area contributed by atoms with Crippen molar-refractivity contribution >= 4 is 29.3 Å². The number of rotatable bonds is 8. The Hall–Kier alpha value is -3.39. The maximum absolute atomic E-state index is 13.3. The van der Waals surface area contributed by atoms with Crippen LogP contribution in [-0.2, 0) is 16.1 Å². The predicted octanol–water partition coefficient (Wildman–Crippen LogP) is 2.53. The number of hydrogen-bond acceptors (Lipinski definition) is 4. The lowest BCUT2D eigenvalue weighted by molar-refractivity contribution is -0.140. The molecule has 8 nitrogen and oxygen atoms in total. The first kappa shape index (κ1) is 20.3. The highest BCUT2D eigenvalue weighted by atomic mass is 16.4. The Bertz CT molecular complexity index is 869. The molecule has 2 amide bonds. The Labute approximate surface area is 168 Å². The summed E-state index contributed by atoms with van der Waals surface area (Å²) in [4.78, 5) is 39.1. The number of hydrogen-bond donors (Lipinski definition) is 3. The summed E-state index contributed by atoms with van der Waals surface area (Å²) in [6.07, 6.45) is -0.680. The Morgan fingerprint density at radius 1 is 0.966 bits per heavy atom. The van der Waals surface area contributed by atoms with Crippen molar-refractivity contribution in [3.05, 3.63) is 60.2 Å². The molecule has 1 saturated heterocycles. The first-order chi connectivity index (χ1) is 13.9. The zero-order chi connectivity index (χ0) is 21.0. The summed E-state index contributed by atoms with van der Waals surface area (Å²) in [7, 11) is 0. The van der Waals surface area contributed by atoms with E-state index in [9.17, 15) is 24.6 Å². The number of amides is 2. The molecule has 0 saturated carbocycles. The van der Waals surface area contributed by atoms with Crippen LogP contribution in [0.2, 0.25) is 0 Å². The lowest BCUT2D eigenvalue weighted by Crippen LogP contribution is -2.41. The van der Waals surface area contributed by atoms with Crippen molar-refractivity contribution in [3.63, 3.8) is 0 Å². The van der Waals surface area contributed by atoms with E-state index in [2.05, 4.69) is 0 Å². The minimum absolute atomic E-state index is 0.195. The Morgan fingerprint density at radius 2 is 1.55 bits per heavy atom. The van der Waals surface area contributed by atoms with Crippen LogP contribution >= 0.6 is 0 Å². The molecule has 3 rings (SSSR count). The number of carboxylic acids is 2. The molecular formula is C21H23N3O5. The van der Waals surface area contributed by atoms with Gasteiger partial charge in [0.15, 0.2) is 0 Å². The molecule has 29 heavy (non-hydrogen) atoms. The van der Waals surface area contributed by atoms with Gasteiger partial charge in [0.2, 0.25) is 0 Å². The van der Waals surface area contributed by atoms with Crippen LogP contribution in [0.4, 0.5) is 16.2 Å². The maximum Gasteiger partial charge on any atom is 0.329 e. The largest absolute Gasteiger partial charge is 0.481 e. The molecule has 1 aliphatic rings. The first-order valence-corrected chi connectivity index (χ1v) is 9.29. The molecule has 8 heteroatoms. The highest BCUT2D eigenvalue weighted by molar-refractivity contribution is 6.07. The van der Waals surface area contributed by atoms with E-state index in [1.807, 2.05) is 18.2 Å². The molecule has 0 radical (unpaired) electrons. The van der Waals surface area contributed by atoms with Gasteiger partial charge in [-0.3, -0.25) is 19.4 Å². The highest BCUT2D eigenvalue weighted by Crippen LogP contribution is 2.34. The zero-order valence-corrected chi connectivity index (χ0v) is 15.8.